The molecule has 1 aromatic rings. The van der Waals surface area contributed by atoms with Crippen molar-refractivity contribution in [3.63, 3.8) is 0 Å². The van der Waals surface area contributed by atoms with Crippen molar-refractivity contribution in [1.29, 1.82) is 0 Å². The lowest BCUT2D eigenvalue weighted by Crippen LogP contribution is -2.54. The zero-order valence-electron chi connectivity index (χ0n) is 17.1. The second-order valence-corrected chi connectivity index (χ2v) is 12.1. The monoisotopic (exact) mass is 444 g/mol. The average Bonchev–Trinajstić information content (AvgIpc) is 2.63. The van der Waals surface area contributed by atoms with Gasteiger partial charge in [-0.3, -0.25) is 9.69 Å². The Bertz CT molecular complexity index is 749. The Morgan fingerprint density at radius 3 is 2.64 bits per heavy atom. The Balaban J connectivity index is 1.15. The van der Waals surface area contributed by atoms with Gasteiger partial charge in [0.25, 0.3) is 0 Å². The van der Waals surface area contributed by atoms with E-state index in [2.05, 4.69) is 57.3 Å². The van der Waals surface area contributed by atoms with Crippen LogP contribution in [-0.4, -0.2) is 34.3 Å². The smallest absolute Gasteiger partial charge is 0.220 e. The number of halogens is 1. The predicted molar refractivity (Wildman–Crippen MR) is 116 cm³/mol. The van der Waals surface area contributed by atoms with Crippen molar-refractivity contribution in [3.05, 3.63) is 35.4 Å². The van der Waals surface area contributed by atoms with Gasteiger partial charge < -0.3 is 5.32 Å². The van der Waals surface area contributed by atoms with E-state index in [1.807, 2.05) is 0 Å². The van der Waals surface area contributed by atoms with Crippen LogP contribution in [0.3, 0.4) is 0 Å². The van der Waals surface area contributed by atoms with Gasteiger partial charge in [0.05, 0.1) is 0 Å². The Hall–Kier alpha value is -0.870. The summed E-state index contributed by atoms with van der Waals surface area (Å²) in [4.78, 5) is 15.4. The van der Waals surface area contributed by atoms with Crippen molar-refractivity contribution < 1.29 is 4.79 Å². The summed E-state index contributed by atoms with van der Waals surface area (Å²) in [6.45, 7) is 5.12. The van der Waals surface area contributed by atoms with E-state index in [0.717, 1.165) is 44.3 Å². The fraction of sp³-hybridized carbons (Fsp3) is 0.708. The fourth-order valence-corrected chi connectivity index (χ4v) is 8.74. The molecule has 0 radical (unpaired) electrons. The van der Waals surface area contributed by atoms with Gasteiger partial charge in [-0.25, -0.2) is 0 Å². The van der Waals surface area contributed by atoms with Gasteiger partial charge in [-0.05, 0) is 80.2 Å². The van der Waals surface area contributed by atoms with E-state index in [9.17, 15) is 4.79 Å². The highest BCUT2D eigenvalue weighted by molar-refractivity contribution is 9.10. The molecule has 1 aromatic carbocycles. The van der Waals surface area contributed by atoms with Crippen LogP contribution in [0.2, 0.25) is 0 Å². The maximum atomic E-state index is 12.9. The zero-order valence-corrected chi connectivity index (χ0v) is 18.6. The summed E-state index contributed by atoms with van der Waals surface area (Å²) in [5.74, 6) is 1.98. The molecule has 1 amide bonds. The molecule has 1 aliphatic heterocycles. The van der Waals surface area contributed by atoms with Gasteiger partial charge >= 0.3 is 0 Å². The standard InChI is InChI=1S/C24H33BrN2O/c1-17(27-7-6-20-4-2-3-5-21(20)15-27)14-26-22(28)13-23-9-18-8-19(10-23)12-24(25,11-18)16-23/h2-5,17-19H,6-16H2,1H3,(H,26,28). The maximum absolute atomic E-state index is 12.9. The lowest BCUT2D eigenvalue weighted by molar-refractivity contribution is -0.128. The summed E-state index contributed by atoms with van der Waals surface area (Å²) in [5, 5.41) is 3.30. The Kier molecular flexibility index (Phi) is 4.86. The molecule has 4 heteroatoms. The van der Waals surface area contributed by atoms with Crippen molar-refractivity contribution >= 4 is 21.8 Å². The molecule has 28 heavy (non-hydrogen) atoms. The molecule has 0 spiro atoms. The topological polar surface area (TPSA) is 32.3 Å². The van der Waals surface area contributed by atoms with Crippen LogP contribution in [-0.2, 0) is 17.8 Å². The van der Waals surface area contributed by atoms with Crippen LogP contribution in [0.5, 0.6) is 0 Å². The van der Waals surface area contributed by atoms with Crippen LogP contribution < -0.4 is 5.32 Å². The average molecular weight is 445 g/mol. The van der Waals surface area contributed by atoms with E-state index in [-0.39, 0.29) is 11.3 Å². The minimum absolute atomic E-state index is 0.269. The lowest BCUT2D eigenvalue weighted by atomic mass is 9.48. The third-order valence-corrected chi connectivity index (χ3v) is 8.95. The number of hydrogen-bond donors (Lipinski definition) is 1. The number of carbonyl (C=O) groups is 1. The van der Waals surface area contributed by atoms with E-state index in [4.69, 9.17) is 0 Å². The molecule has 4 fully saturated rings. The number of fused-ring (bicyclic) bond motifs is 1. The van der Waals surface area contributed by atoms with Gasteiger partial charge in [0, 0.05) is 36.4 Å². The number of nitrogens with zero attached hydrogens (tertiary/aromatic N) is 1. The quantitative estimate of drug-likeness (QED) is 0.668. The third-order valence-electron chi connectivity index (χ3n) is 8.02. The Morgan fingerprint density at radius 1 is 1.21 bits per heavy atom. The zero-order chi connectivity index (χ0) is 19.4. The first kappa shape index (κ1) is 19.1. The Labute approximate surface area is 177 Å². The van der Waals surface area contributed by atoms with Crippen molar-refractivity contribution in [3.8, 4) is 0 Å². The minimum atomic E-state index is 0.269. The molecular formula is C24H33BrN2O. The molecule has 4 saturated carbocycles. The largest absolute Gasteiger partial charge is 0.355 e. The van der Waals surface area contributed by atoms with Crippen LogP contribution in [0.1, 0.15) is 63.0 Å². The summed E-state index contributed by atoms with van der Waals surface area (Å²) in [6.07, 6.45) is 9.70. The SMILES string of the molecule is CC(CNC(=O)CC12CC3CC(CC(Br)(C3)C1)C2)N1CCc2ccccc2C1. The van der Waals surface area contributed by atoms with Crippen LogP contribution in [0, 0.1) is 17.3 Å². The van der Waals surface area contributed by atoms with Gasteiger partial charge in [-0.1, -0.05) is 40.2 Å². The molecule has 152 valence electrons. The molecule has 0 saturated heterocycles. The molecule has 1 heterocycles. The molecular weight excluding hydrogens is 412 g/mol. The normalized spacial score (nSPS) is 37.5. The molecule has 3 atom stereocenters. The van der Waals surface area contributed by atoms with Crippen LogP contribution in [0.4, 0.5) is 0 Å². The number of benzene rings is 1. The number of amides is 1. The third kappa shape index (κ3) is 3.67. The van der Waals surface area contributed by atoms with Gasteiger partial charge in [-0.15, -0.1) is 0 Å². The van der Waals surface area contributed by atoms with Crippen LogP contribution >= 0.6 is 15.9 Å². The van der Waals surface area contributed by atoms with E-state index < -0.39 is 0 Å². The first-order valence-electron chi connectivity index (χ1n) is 11.2. The minimum Gasteiger partial charge on any atom is -0.355 e. The lowest BCUT2D eigenvalue weighted by Gasteiger charge is -2.60. The number of nitrogens with one attached hydrogen (secondary N) is 1. The molecule has 6 rings (SSSR count). The highest BCUT2D eigenvalue weighted by Crippen LogP contribution is 2.65. The number of alkyl halides is 1. The summed E-state index contributed by atoms with van der Waals surface area (Å²) in [5.41, 5.74) is 3.20. The van der Waals surface area contributed by atoms with Crippen molar-refractivity contribution in [2.45, 2.75) is 75.2 Å². The van der Waals surface area contributed by atoms with Crippen molar-refractivity contribution in [2.24, 2.45) is 17.3 Å². The van der Waals surface area contributed by atoms with Gasteiger partial charge in [0.1, 0.15) is 0 Å². The number of carbonyl (C=O) groups excluding carboxylic acids is 1. The van der Waals surface area contributed by atoms with E-state index in [1.54, 1.807) is 0 Å². The van der Waals surface area contributed by atoms with Gasteiger partial charge in [-0.2, -0.15) is 0 Å². The molecule has 5 aliphatic rings. The highest BCUT2D eigenvalue weighted by atomic mass is 79.9. The van der Waals surface area contributed by atoms with Crippen molar-refractivity contribution in [1.82, 2.24) is 10.2 Å². The summed E-state index contributed by atoms with van der Waals surface area (Å²) >= 11 is 4.07. The molecule has 4 bridgehead atoms. The summed E-state index contributed by atoms with van der Waals surface area (Å²) in [6, 6.07) is 9.16. The van der Waals surface area contributed by atoms with E-state index in [1.165, 1.54) is 49.7 Å². The molecule has 3 nitrogen and oxygen atoms in total. The predicted octanol–water partition coefficient (Wildman–Crippen LogP) is 4.67. The van der Waals surface area contributed by atoms with Gasteiger partial charge in [0.15, 0.2) is 0 Å². The summed E-state index contributed by atoms with van der Waals surface area (Å²) < 4.78 is 0.339. The van der Waals surface area contributed by atoms with Crippen LogP contribution in [0.25, 0.3) is 0 Å². The summed E-state index contributed by atoms with van der Waals surface area (Å²) in [7, 11) is 0. The second kappa shape index (κ2) is 7.12. The molecule has 1 N–H and O–H groups in total. The number of hydrogen-bond acceptors (Lipinski definition) is 2. The molecule has 3 unspecified atom stereocenters. The highest BCUT2D eigenvalue weighted by Gasteiger charge is 2.57. The Morgan fingerprint density at radius 2 is 1.93 bits per heavy atom. The maximum Gasteiger partial charge on any atom is 0.220 e. The van der Waals surface area contributed by atoms with Crippen LogP contribution in [0.15, 0.2) is 24.3 Å². The van der Waals surface area contributed by atoms with Crippen molar-refractivity contribution in [2.75, 3.05) is 13.1 Å². The fourth-order valence-electron chi connectivity index (χ4n) is 7.23. The van der Waals surface area contributed by atoms with E-state index >= 15 is 0 Å². The van der Waals surface area contributed by atoms with E-state index in [0.29, 0.717) is 10.4 Å². The second-order valence-electron chi connectivity index (χ2n) is 10.4. The first-order chi connectivity index (χ1) is 13.4. The van der Waals surface area contributed by atoms with Gasteiger partial charge in [0.2, 0.25) is 5.91 Å². The molecule has 4 aliphatic carbocycles. The number of rotatable bonds is 5. The first-order valence-corrected chi connectivity index (χ1v) is 12.0. The molecule has 0 aromatic heterocycles.